The zero-order valence-corrected chi connectivity index (χ0v) is 8.87. The third-order valence-electron chi connectivity index (χ3n) is 1.28. The minimum absolute atomic E-state index is 0.241. The molecule has 78 valence electrons. The number of nitrogens with zero attached hydrogens (tertiary/aromatic N) is 1. The van der Waals surface area contributed by atoms with E-state index in [2.05, 4.69) is 10.5 Å². The summed E-state index contributed by atoms with van der Waals surface area (Å²) in [5, 5.41) is 16.2. The fourth-order valence-electron chi connectivity index (χ4n) is 0.683. The van der Waals surface area contributed by atoms with Crippen LogP contribution in [0.25, 0.3) is 0 Å². The van der Waals surface area contributed by atoms with Gasteiger partial charge in [-0.1, -0.05) is 19.0 Å². The summed E-state index contributed by atoms with van der Waals surface area (Å²) >= 11 is 0. The Morgan fingerprint density at radius 1 is 1.46 bits per heavy atom. The van der Waals surface area contributed by atoms with Gasteiger partial charge in [0.1, 0.15) is 12.7 Å². The van der Waals surface area contributed by atoms with Crippen molar-refractivity contribution in [2.24, 2.45) is 5.16 Å². The molecule has 0 bridgehead atoms. The first-order valence-electron chi connectivity index (χ1n) is 4.57. The molecule has 0 amide bonds. The summed E-state index contributed by atoms with van der Waals surface area (Å²) in [6.45, 7) is 8.53. The summed E-state index contributed by atoms with van der Waals surface area (Å²) in [5.74, 6) is 0. The van der Waals surface area contributed by atoms with Gasteiger partial charge in [0, 0.05) is 12.6 Å². The summed E-state index contributed by atoms with van der Waals surface area (Å²) in [6.07, 6.45) is -0.495. The van der Waals surface area contributed by atoms with E-state index in [0.717, 1.165) is 5.71 Å². The fourth-order valence-corrected chi connectivity index (χ4v) is 0.683. The second-order valence-electron chi connectivity index (χ2n) is 3.55. The molecule has 0 heterocycles. The molecule has 0 aromatic carbocycles. The monoisotopic (exact) mass is 188 g/mol. The zero-order chi connectivity index (χ0) is 10.3. The number of nitrogens with one attached hydrogen (secondary N) is 1. The number of hydrogen-bond acceptors (Lipinski definition) is 4. The molecular formula is C9H20N2O2. The molecule has 0 aliphatic carbocycles. The molecule has 0 aromatic heterocycles. The van der Waals surface area contributed by atoms with E-state index < -0.39 is 6.10 Å². The van der Waals surface area contributed by atoms with Gasteiger partial charge in [-0.2, -0.15) is 0 Å². The Hall–Kier alpha value is -0.610. The number of aliphatic hydroxyl groups excluding tert-OH is 1. The topological polar surface area (TPSA) is 53.9 Å². The predicted molar refractivity (Wildman–Crippen MR) is 53.9 cm³/mol. The highest BCUT2D eigenvalue weighted by Crippen LogP contribution is 1.87. The van der Waals surface area contributed by atoms with E-state index in [1.165, 1.54) is 0 Å². The van der Waals surface area contributed by atoms with Crippen molar-refractivity contribution < 1.29 is 9.94 Å². The summed E-state index contributed by atoms with van der Waals surface area (Å²) in [7, 11) is 0. The van der Waals surface area contributed by atoms with Gasteiger partial charge in [-0.3, -0.25) is 0 Å². The number of oxime groups is 1. The SMILES string of the molecule is CC(C)=NOCC(O)CNC(C)C. The van der Waals surface area contributed by atoms with Gasteiger partial charge in [0.2, 0.25) is 0 Å². The Kier molecular flexibility index (Phi) is 6.54. The lowest BCUT2D eigenvalue weighted by atomic mass is 10.3. The first-order valence-corrected chi connectivity index (χ1v) is 4.57. The fraction of sp³-hybridized carbons (Fsp3) is 0.889. The van der Waals surface area contributed by atoms with Gasteiger partial charge in [0.15, 0.2) is 0 Å². The lowest BCUT2D eigenvalue weighted by Gasteiger charge is -2.12. The average molecular weight is 188 g/mol. The van der Waals surface area contributed by atoms with Crippen molar-refractivity contribution in [2.45, 2.75) is 39.8 Å². The van der Waals surface area contributed by atoms with Gasteiger partial charge < -0.3 is 15.3 Å². The van der Waals surface area contributed by atoms with Crippen LogP contribution in [0.3, 0.4) is 0 Å². The van der Waals surface area contributed by atoms with Gasteiger partial charge in [-0.05, 0) is 13.8 Å². The summed E-state index contributed by atoms with van der Waals surface area (Å²) in [4.78, 5) is 4.89. The first-order chi connectivity index (χ1) is 6.02. The van der Waals surface area contributed by atoms with Crippen LogP contribution in [0.15, 0.2) is 5.16 Å². The second-order valence-corrected chi connectivity index (χ2v) is 3.55. The molecule has 0 radical (unpaired) electrons. The molecule has 2 N–H and O–H groups in total. The summed E-state index contributed by atoms with van der Waals surface area (Å²) < 4.78 is 0. The molecule has 1 atom stereocenters. The molecule has 0 aromatic rings. The van der Waals surface area contributed by atoms with E-state index in [9.17, 15) is 5.11 Å². The van der Waals surface area contributed by atoms with Crippen LogP contribution in [0.1, 0.15) is 27.7 Å². The van der Waals surface area contributed by atoms with Crippen LogP contribution < -0.4 is 5.32 Å². The molecule has 0 saturated heterocycles. The van der Waals surface area contributed by atoms with Crippen LogP contribution in [0, 0.1) is 0 Å². The van der Waals surface area contributed by atoms with Gasteiger partial charge >= 0.3 is 0 Å². The van der Waals surface area contributed by atoms with Gasteiger partial charge in [-0.15, -0.1) is 0 Å². The van der Waals surface area contributed by atoms with E-state index in [1.54, 1.807) is 0 Å². The van der Waals surface area contributed by atoms with Crippen LogP contribution in [0.2, 0.25) is 0 Å². The highest BCUT2D eigenvalue weighted by atomic mass is 16.6. The van der Waals surface area contributed by atoms with E-state index in [1.807, 2.05) is 27.7 Å². The Morgan fingerprint density at radius 2 is 2.08 bits per heavy atom. The molecule has 0 aliphatic heterocycles. The van der Waals surface area contributed by atoms with Crippen LogP contribution >= 0.6 is 0 Å². The van der Waals surface area contributed by atoms with Crippen molar-refractivity contribution in [3.05, 3.63) is 0 Å². The Morgan fingerprint density at radius 3 is 2.54 bits per heavy atom. The van der Waals surface area contributed by atoms with E-state index in [-0.39, 0.29) is 6.61 Å². The third-order valence-corrected chi connectivity index (χ3v) is 1.28. The summed E-state index contributed by atoms with van der Waals surface area (Å²) in [5.41, 5.74) is 0.851. The number of hydrogen-bond donors (Lipinski definition) is 2. The van der Waals surface area contributed by atoms with Gasteiger partial charge in [-0.25, -0.2) is 0 Å². The zero-order valence-electron chi connectivity index (χ0n) is 8.87. The second kappa shape index (κ2) is 6.86. The van der Waals surface area contributed by atoms with Gasteiger partial charge in [0.05, 0.1) is 5.71 Å². The summed E-state index contributed by atoms with van der Waals surface area (Å²) in [6, 6.07) is 0.381. The van der Waals surface area contributed by atoms with Crippen LogP contribution in [0.5, 0.6) is 0 Å². The standard InChI is InChI=1S/C9H20N2O2/c1-7(2)10-5-9(12)6-13-11-8(3)4/h7,9-10,12H,5-6H2,1-4H3. The Balaban J connectivity index is 3.40. The molecule has 4 heteroatoms. The maximum Gasteiger partial charge on any atom is 0.144 e. The van der Waals surface area contributed by atoms with Crippen LogP contribution in [-0.2, 0) is 4.84 Å². The van der Waals surface area contributed by atoms with E-state index in [0.29, 0.717) is 12.6 Å². The molecule has 0 aliphatic rings. The average Bonchev–Trinajstić information content (AvgIpc) is 2.00. The molecule has 0 rings (SSSR count). The minimum Gasteiger partial charge on any atom is -0.393 e. The molecule has 0 saturated carbocycles. The smallest absolute Gasteiger partial charge is 0.144 e. The van der Waals surface area contributed by atoms with E-state index in [4.69, 9.17) is 4.84 Å². The third kappa shape index (κ3) is 9.30. The predicted octanol–water partition coefficient (Wildman–Crippen LogP) is 0.758. The molecular weight excluding hydrogens is 168 g/mol. The van der Waals surface area contributed by atoms with Crippen molar-refractivity contribution in [1.29, 1.82) is 0 Å². The van der Waals surface area contributed by atoms with Crippen molar-refractivity contribution >= 4 is 5.71 Å². The largest absolute Gasteiger partial charge is 0.393 e. The van der Waals surface area contributed by atoms with Gasteiger partial charge in [0.25, 0.3) is 0 Å². The van der Waals surface area contributed by atoms with E-state index >= 15 is 0 Å². The van der Waals surface area contributed by atoms with Crippen LogP contribution in [0.4, 0.5) is 0 Å². The normalized spacial score (nSPS) is 12.8. The van der Waals surface area contributed by atoms with Crippen molar-refractivity contribution in [2.75, 3.05) is 13.2 Å². The van der Waals surface area contributed by atoms with Crippen molar-refractivity contribution in [3.8, 4) is 0 Å². The quantitative estimate of drug-likeness (QED) is 0.478. The Labute approximate surface area is 80.0 Å². The molecule has 0 spiro atoms. The maximum atomic E-state index is 9.35. The number of aliphatic hydroxyl groups is 1. The van der Waals surface area contributed by atoms with Crippen molar-refractivity contribution in [3.63, 3.8) is 0 Å². The van der Waals surface area contributed by atoms with Crippen LogP contribution in [-0.4, -0.2) is 36.1 Å². The Bertz CT molecular complexity index is 154. The molecule has 1 unspecified atom stereocenters. The minimum atomic E-state index is -0.495. The highest BCUT2D eigenvalue weighted by molar-refractivity contribution is 5.78. The highest BCUT2D eigenvalue weighted by Gasteiger charge is 2.04. The first kappa shape index (κ1) is 12.4. The molecule has 13 heavy (non-hydrogen) atoms. The lowest BCUT2D eigenvalue weighted by Crippen LogP contribution is -2.34. The molecule has 4 nitrogen and oxygen atoms in total. The van der Waals surface area contributed by atoms with Crippen molar-refractivity contribution in [1.82, 2.24) is 5.32 Å². The lowest BCUT2D eigenvalue weighted by molar-refractivity contribution is 0.0393. The molecule has 0 fully saturated rings. The maximum absolute atomic E-state index is 9.35. The number of rotatable bonds is 6.